The van der Waals surface area contributed by atoms with Gasteiger partial charge in [0.2, 0.25) is 0 Å². The average molecular weight is 459 g/mol. The number of rotatable bonds is 1. The Bertz CT molecular complexity index is 2070. The van der Waals surface area contributed by atoms with E-state index in [0.717, 1.165) is 16.6 Å². The number of aryl methyl sites for hydroxylation is 2. The molecule has 0 spiro atoms. The summed E-state index contributed by atoms with van der Waals surface area (Å²) in [4.78, 5) is 9.36. The van der Waals surface area contributed by atoms with Crippen LogP contribution < -0.4 is 0 Å². The highest BCUT2D eigenvalue weighted by molar-refractivity contribution is 6.28. The normalized spacial score (nSPS) is 12.2. The van der Waals surface area contributed by atoms with E-state index in [4.69, 9.17) is 4.98 Å². The van der Waals surface area contributed by atoms with Gasteiger partial charge >= 0.3 is 0 Å². The van der Waals surface area contributed by atoms with E-state index >= 15 is 0 Å². The van der Waals surface area contributed by atoms with Gasteiger partial charge in [0.15, 0.2) is 0 Å². The summed E-state index contributed by atoms with van der Waals surface area (Å²) >= 11 is 0. The van der Waals surface area contributed by atoms with Gasteiger partial charge in [-0.15, -0.1) is 0 Å². The van der Waals surface area contributed by atoms with Crippen molar-refractivity contribution in [3.05, 3.63) is 108 Å². The molecule has 2 nitrogen and oxygen atoms in total. The molecule has 5 aromatic carbocycles. The molecule has 0 saturated heterocycles. The fourth-order valence-electron chi connectivity index (χ4n) is 6.20. The van der Waals surface area contributed by atoms with E-state index in [9.17, 15) is 0 Å². The molecule has 8 rings (SSSR count). The maximum Gasteiger partial charge on any atom is 0.0787 e. The van der Waals surface area contributed by atoms with Crippen LogP contribution in [0.3, 0.4) is 0 Å². The first-order chi connectivity index (χ1) is 17.7. The number of nitrogens with zero attached hydrogens (tertiary/aromatic N) is 2. The van der Waals surface area contributed by atoms with E-state index in [1.807, 2.05) is 24.5 Å². The van der Waals surface area contributed by atoms with Crippen LogP contribution >= 0.6 is 0 Å². The summed E-state index contributed by atoms with van der Waals surface area (Å²) in [5, 5.41) is 8.93. The number of pyridine rings is 2. The minimum Gasteiger partial charge on any atom is -0.256 e. The van der Waals surface area contributed by atoms with E-state index in [-0.39, 0.29) is 0 Å². The number of aromatic nitrogens is 2. The van der Waals surface area contributed by atoms with Gasteiger partial charge < -0.3 is 0 Å². The zero-order valence-electron chi connectivity index (χ0n) is 20.1. The molecule has 0 unspecified atom stereocenters. The minimum absolute atomic E-state index is 1.02. The van der Waals surface area contributed by atoms with Gasteiger partial charge in [0.05, 0.1) is 11.2 Å². The molecule has 2 heteroatoms. The van der Waals surface area contributed by atoms with Crippen molar-refractivity contribution in [1.29, 1.82) is 0 Å². The lowest BCUT2D eigenvalue weighted by atomic mass is 9.88. The average Bonchev–Trinajstić information content (AvgIpc) is 3.25. The molecule has 1 aliphatic carbocycles. The molecule has 0 aliphatic heterocycles. The largest absolute Gasteiger partial charge is 0.256 e. The Balaban J connectivity index is 1.56. The first kappa shape index (κ1) is 19.7. The molecule has 168 valence electrons. The summed E-state index contributed by atoms with van der Waals surface area (Å²) in [6, 6.07) is 31.2. The zero-order valence-corrected chi connectivity index (χ0v) is 20.1. The highest BCUT2D eigenvalue weighted by Crippen LogP contribution is 2.51. The second-order valence-electron chi connectivity index (χ2n) is 9.98. The van der Waals surface area contributed by atoms with Gasteiger partial charge in [-0.1, -0.05) is 54.1 Å². The molecule has 7 aromatic rings. The quantitative estimate of drug-likeness (QED) is 0.229. The van der Waals surface area contributed by atoms with Crippen LogP contribution in [-0.2, 0) is 0 Å². The standard InChI is InChI=1S/C34H22N2/c1-19-7-10-23-27(15-19)26(21-9-12-31-22(16-21)5-3-13-35-31)17-29-24-11-8-20(2)32-25-6-4-14-36-34(25)30(33(24)32)18-28(23)29/h3-18H,1-2H3. The number of hydrogen-bond acceptors (Lipinski definition) is 2. The molecule has 0 atom stereocenters. The van der Waals surface area contributed by atoms with Crippen LogP contribution in [0.2, 0.25) is 0 Å². The third-order valence-electron chi connectivity index (χ3n) is 7.84. The fraction of sp³-hybridized carbons (Fsp3) is 0.0588. The fourth-order valence-corrected chi connectivity index (χ4v) is 6.20. The predicted octanol–water partition coefficient (Wildman–Crippen LogP) is 9.02. The topological polar surface area (TPSA) is 25.8 Å². The molecule has 1 aliphatic rings. The third kappa shape index (κ3) is 2.56. The lowest BCUT2D eigenvalue weighted by Gasteiger charge is -2.16. The molecule has 36 heavy (non-hydrogen) atoms. The smallest absolute Gasteiger partial charge is 0.0787 e. The van der Waals surface area contributed by atoms with Gasteiger partial charge in [-0.05, 0) is 105 Å². The zero-order chi connectivity index (χ0) is 24.0. The highest BCUT2D eigenvalue weighted by Gasteiger charge is 2.26. The first-order valence-electron chi connectivity index (χ1n) is 12.4. The maximum atomic E-state index is 4.83. The van der Waals surface area contributed by atoms with Crippen LogP contribution in [-0.4, -0.2) is 9.97 Å². The summed E-state index contributed by atoms with van der Waals surface area (Å²) in [6.07, 6.45) is 3.77. The van der Waals surface area contributed by atoms with E-state index < -0.39 is 0 Å². The second kappa shape index (κ2) is 6.99. The summed E-state index contributed by atoms with van der Waals surface area (Å²) in [7, 11) is 0. The third-order valence-corrected chi connectivity index (χ3v) is 7.84. The van der Waals surface area contributed by atoms with Crippen molar-refractivity contribution in [3.63, 3.8) is 0 Å². The van der Waals surface area contributed by atoms with Crippen LogP contribution in [0.5, 0.6) is 0 Å². The van der Waals surface area contributed by atoms with Crippen molar-refractivity contribution in [2.45, 2.75) is 13.8 Å². The van der Waals surface area contributed by atoms with Crippen LogP contribution in [0.4, 0.5) is 0 Å². The SMILES string of the molecule is Cc1ccc2c(c1)c(-c1ccc3ncccc3c1)cc1c3ccc(C)c4c3c(cc21)-c1ncccc1-4. The second-order valence-corrected chi connectivity index (χ2v) is 9.98. The Morgan fingerprint density at radius 3 is 2.31 bits per heavy atom. The van der Waals surface area contributed by atoms with Crippen molar-refractivity contribution in [3.8, 4) is 33.5 Å². The Morgan fingerprint density at radius 1 is 0.556 bits per heavy atom. The minimum atomic E-state index is 1.02. The van der Waals surface area contributed by atoms with Gasteiger partial charge in [-0.2, -0.15) is 0 Å². The molecular formula is C34H22N2. The Hall–Kier alpha value is -4.56. The molecule has 2 aromatic heterocycles. The van der Waals surface area contributed by atoms with Crippen LogP contribution in [0.25, 0.3) is 76.7 Å². The summed E-state index contributed by atoms with van der Waals surface area (Å²) < 4.78 is 0. The van der Waals surface area contributed by atoms with Crippen LogP contribution in [0.15, 0.2) is 97.3 Å². The molecule has 0 bridgehead atoms. The van der Waals surface area contributed by atoms with Crippen molar-refractivity contribution >= 4 is 43.2 Å². The number of hydrogen-bond donors (Lipinski definition) is 0. The monoisotopic (exact) mass is 458 g/mol. The molecule has 0 N–H and O–H groups in total. The van der Waals surface area contributed by atoms with Crippen LogP contribution in [0.1, 0.15) is 11.1 Å². The lowest BCUT2D eigenvalue weighted by Crippen LogP contribution is -1.89. The molecule has 2 heterocycles. The first-order valence-corrected chi connectivity index (χ1v) is 12.4. The van der Waals surface area contributed by atoms with Gasteiger partial charge in [0, 0.05) is 28.9 Å². The van der Waals surface area contributed by atoms with E-state index in [1.54, 1.807) is 0 Å². The van der Waals surface area contributed by atoms with Crippen molar-refractivity contribution < 1.29 is 0 Å². The maximum absolute atomic E-state index is 4.83. The number of fused-ring (bicyclic) bond motifs is 8. The van der Waals surface area contributed by atoms with Crippen molar-refractivity contribution in [2.75, 3.05) is 0 Å². The summed E-state index contributed by atoms with van der Waals surface area (Å²) in [5.41, 5.74) is 11.0. The van der Waals surface area contributed by atoms with Gasteiger partial charge in [-0.3, -0.25) is 9.97 Å². The van der Waals surface area contributed by atoms with E-state index in [1.165, 1.54) is 71.3 Å². The van der Waals surface area contributed by atoms with Gasteiger partial charge in [-0.25, -0.2) is 0 Å². The Morgan fingerprint density at radius 2 is 1.36 bits per heavy atom. The highest BCUT2D eigenvalue weighted by atomic mass is 14.7. The lowest BCUT2D eigenvalue weighted by molar-refractivity contribution is 1.34. The van der Waals surface area contributed by atoms with E-state index in [0.29, 0.717) is 0 Å². The predicted molar refractivity (Wildman–Crippen MR) is 151 cm³/mol. The van der Waals surface area contributed by atoms with E-state index in [2.05, 4.69) is 91.6 Å². The molecular weight excluding hydrogens is 436 g/mol. The summed E-state index contributed by atoms with van der Waals surface area (Å²) in [6.45, 7) is 4.38. The molecule has 0 fully saturated rings. The molecule has 0 saturated carbocycles. The van der Waals surface area contributed by atoms with Crippen molar-refractivity contribution in [2.24, 2.45) is 0 Å². The Kier molecular flexibility index (Phi) is 3.83. The van der Waals surface area contributed by atoms with Gasteiger partial charge in [0.1, 0.15) is 0 Å². The Labute approximate surface area is 208 Å². The van der Waals surface area contributed by atoms with Crippen molar-refractivity contribution in [1.82, 2.24) is 9.97 Å². The van der Waals surface area contributed by atoms with Gasteiger partial charge in [0.25, 0.3) is 0 Å². The number of benzene rings is 5. The molecule has 0 amide bonds. The van der Waals surface area contributed by atoms with Crippen LogP contribution in [0, 0.1) is 13.8 Å². The molecule has 0 radical (unpaired) electrons. The summed E-state index contributed by atoms with van der Waals surface area (Å²) in [5.74, 6) is 0.